The predicted octanol–water partition coefficient (Wildman–Crippen LogP) is 6.68. The largest absolute Gasteiger partial charge is 0.493 e. The highest BCUT2D eigenvalue weighted by Gasteiger charge is 2.32. The van der Waals surface area contributed by atoms with Crippen LogP contribution in [0.15, 0.2) is 72.8 Å². The van der Waals surface area contributed by atoms with Crippen molar-refractivity contribution in [3.05, 3.63) is 106 Å². The molecule has 0 saturated heterocycles. The van der Waals surface area contributed by atoms with Crippen molar-refractivity contribution < 1.29 is 24.2 Å². The Bertz CT molecular complexity index is 1860. The van der Waals surface area contributed by atoms with Gasteiger partial charge in [-0.2, -0.15) is 5.10 Å². The number of nitrogens with zero attached hydrogens (tertiary/aromatic N) is 4. The van der Waals surface area contributed by atoms with E-state index in [4.69, 9.17) is 9.84 Å². The van der Waals surface area contributed by atoms with Crippen molar-refractivity contribution in [2.45, 2.75) is 84.2 Å². The number of unbranched alkanes of at least 4 members (excludes halogenated alkanes) is 2. The smallest absolute Gasteiger partial charge is 0.274 e. The molecule has 0 fully saturated rings. The van der Waals surface area contributed by atoms with E-state index in [1.807, 2.05) is 60.4 Å². The van der Waals surface area contributed by atoms with E-state index in [2.05, 4.69) is 19.2 Å². The second kappa shape index (κ2) is 16.4. The molecule has 0 spiro atoms. The van der Waals surface area contributed by atoms with Crippen molar-refractivity contribution >= 4 is 23.4 Å². The molecule has 3 heterocycles. The number of hydrogen-bond donors (Lipinski definition) is 2. The highest BCUT2D eigenvalue weighted by Crippen LogP contribution is 2.36. The van der Waals surface area contributed by atoms with Crippen molar-refractivity contribution in [1.82, 2.24) is 19.6 Å². The third-order valence-corrected chi connectivity index (χ3v) is 10.0. The molecule has 4 aromatic rings. The number of nitrogens with one attached hydrogen (secondary N) is 1. The third kappa shape index (κ3) is 8.01. The molecule has 2 unspecified atom stereocenters. The van der Waals surface area contributed by atoms with Gasteiger partial charge in [-0.05, 0) is 74.1 Å². The lowest BCUT2D eigenvalue weighted by Gasteiger charge is -2.36. The fraction of sp³-hybridized carbons (Fsp3) is 0.415. The van der Waals surface area contributed by atoms with E-state index in [9.17, 15) is 19.5 Å². The van der Waals surface area contributed by atoms with Gasteiger partial charge in [-0.15, -0.1) is 0 Å². The van der Waals surface area contributed by atoms with Crippen LogP contribution in [0.3, 0.4) is 0 Å². The molecule has 51 heavy (non-hydrogen) atoms. The molecule has 2 aliphatic rings. The van der Waals surface area contributed by atoms with Gasteiger partial charge in [0.25, 0.3) is 11.8 Å². The Morgan fingerprint density at radius 1 is 0.961 bits per heavy atom. The molecule has 6 rings (SSSR count). The van der Waals surface area contributed by atoms with Gasteiger partial charge < -0.3 is 25.0 Å². The Kier molecular flexibility index (Phi) is 11.5. The lowest BCUT2D eigenvalue weighted by Crippen LogP contribution is -2.46. The van der Waals surface area contributed by atoms with Crippen molar-refractivity contribution in [2.75, 3.05) is 31.6 Å². The number of aliphatic hydroxyl groups is 1. The van der Waals surface area contributed by atoms with Crippen LogP contribution in [0.25, 0.3) is 5.69 Å². The van der Waals surface area contributed by atoms with E-state index in [1.54, 1.807) is 33.8 Å². The average molecular weight is 692 g/mol. The Morgan fingerprint density at radius 2 is 1.69 bits per heavy atom. The number of aliphatic hydroxyl groups excluding tert-OH is 1. The van der Waals surface area contributed by atoms with Crippen molar-refractivity contribution in [1.29, 1.82) is 0 Å². The number of ether oxygens (including phenoxy) is 1. The zero-order valence-corrected chi connectivity index (χ0v) is 29.9. The van der Waals surface area contributed by atoms with Crippen LogP contribution in [0.1, 0.15) is 102 Å². The standard InChI is InChI=1S/C41H49N5O5/c1-4-6-20-44(21-7-5-2)41(50)36-22-28(3)46(43-36)37-18-17-32(42-39(48)19-16-31-27-51-38-15-11-10-14-34(31)38)24-35(37)40(49)45-25-30-13-9-8-12-29(30)23-33(45)26-47/h8-15,17-18,22,24,31,33,47H,4-7,16,19-21,23,25-27H2,1-3H3,(H,42,48). The van der Waals surface area contributed by atoms with Crippen LogP contribution in [0.5, 0.6) is 5.75 Å². The summed E-state index contributed by atoms with van der Waals surface area (Å²) >= 11 is 0. The molecule has 0 bridgehead atoms. The first-order chi connectivity index (χ1) is 24.8. The van der Waals surface area contributed by atoms with Gasteiger partial charge in [-0.3, -0.25) is 14.4 Å². The number of hydrogen-bond acceptors (Lipinski definition) is 6. The molecular formula is C41H49N5O5. The maximum atomic E-state index is 14.6. The number of fused-ring (bicyclic) bond motifs is 2. The normalized spacial score (nSPS) is 16.3. The molecule has 268 valence electrons. The van der Waals surface area contributed by atoms with Crippen LogP contribution in [0, 0.1) is 6.92 Å². The van der Waals surface area contributed by atoms with Gasteiger partial charge in [0.15, 0.2) is 5.69 Å². The Balaban J connectivity index is 1.30. The Morgan fingerprint density at radius 3 is 2.43 bits per heavy atom. The van der Waals surface area contributed by atoms with Gasteiger partial charge in [0.1, 0.15) is 5.75 Å². The zero-order chi connectivity index (χ0) is 35.9. The minimum atomic E-state index is -0.420. The second-order valence-corrected chi connectivity index (χ2v) is 13.7. The monoisotopic (exact) mass is 691 g/mol. The van der Waals surface area contributed by atoms with Crippen LogP contribution in [0.4, 0.5) is 5.69 Å². The number of amides is 3. The van der Waals surface area contributed by atoms with E-state index >= 15 is 0 Å². The lowest BCUT2D eigenvalue weighted by molar-refractivity contribution is -0.116. The molecule has 0 aliphatic carbocycles. The number of anilines is 1. The van der Waals surface area contributed by atoms with Gasteiger partial charge in [-0.25, -0.2) is 4.68 Å². The molecule has 2 aliphatic heterocycles. The number of benzene rings is 3. The maximum absolute atomic E-state index is 14.6. The number of aromatic nitrogens is 2. The van der Waals surface area contributed by atoms with E-state index < -0.39 is 6.04 Å². The summed E-state index contributed by atoms with van der Waals surface area (Å²) in [4.78, 5) is 45.1. The van der Waals surface area contributed by atoms with Gasteiger partial charge in [0.05, 0.1) is 30.5 Å². The quantitative estimate of drug-likeness (QED) is 0.153. The minimum Gasteiger partial charge on any atom is -0.493 e. The predicted molar refractivity (Wildman–Crippen MR) is 197 cm³/mol. The fourth-order valence-corrected chi connectivity index (χ4v) is 7.11. The SMILES string of the molecule is CCCCN(CCCC)C(=O)c1cc(C)n(-c2ccc(NC(=O)CCC3COc4ccccc43)cc2C(=O)N2Cc3ccccc3CC2CO)n1. The van der Waals surface area contributed by atoms with Crippen LogP contribution in [-0.2, 0) is 17.8 Å². The second-order valence-electron chi connectivity index (χ2n) is 13.7. The van der Waals surface area contributed by atoms with Gasteiger partial charge in [-0.1, -0.05) is 69.2 Å². The summed E-state index contributed by atoms with van der Waals surface area (Å²) < 4.78 is 7.45. The molecule has 1 aromatic heterocycles. The Labute approximate surface area is 300 Å². The van der Waals surface area contributed by atoms with Crippen molar-refractivity contribution in [3.63, 3.8) is 0 Å². The molecule has 10 heteroatoms. The highest BCUT2D eigenvalue weighted by atomic mass is 16.5. The topological polar surface area (TPSA) is 117 Å². The summed E-state index contributed by atoms with van der Waals surface area (Å²) in [5.74, 6) is 0.441. The molecule has 2 atom stereocenters. The summed E-state index contributed by atoms with van der Waals surface area (Å²) in [6.07, 6.45) is 5.24. The summed E-state index contributed by atoms with van der Waals surface area (Å²) in [5.41, 5.74) is 5.60. The molecule has 0 radical (unpaired) electrons. The van der Waals surface area contributed by atoms with Crippen molar-refractivity contribution in [3.8, 4) is 11.4 Å². The van der Waals surface area contributed by atoms with Crippen LogP contribution in [0.2, 0.25) is 0 Å². The van der Waals surface area contributed by atoms with Crippen LogP contribution >= 0.6 is 0 Å². The van der Waals surface area contributed by atoms with Gasteiger partial charge in [0, 0.05) is 48.9 Å². The number of aryl methyl sites for hydroxylation is 1. The summed E-state index contributed by atoms with van der Waals surface area (Å²) in [5, 5.41) is 18.2. The van der Waals surface area contributed by atoms with Gasteiger partial charge >= 0.3 is 0 Å². The summed E-state index contributed by atoms with van der Waals surface area (Å²) in [6.45, 7) is 8.12. The molecule has 3 amide bonds. The van der Waals surface area contributed by atoms with Crippen molar-refractivity contribution in [2.24, 2.45) is 0 Å². The van der Waals surface area contributed by atoms with Gasteiger partial charge in [0.2, 0.25) is 5.91 Å². The van der Waals surface area contributed by atoms with E-state index in [0.29, 0.717) is 73.8 Å². The number of para-hydroxylation sites is 1. The number of carbonyl (C=O) groups is 3. The summed E-state index contributed by atoms with van der Waals surface area (Å²) in [7, 11) is 0. The number of carbonyl (C=O) groups excluding carboxylic acids is 3. The average Bonchev–Trinajstić information content (AvgIpc) is 3.76. The first kappa shape index (κ1) is 35.9. The highest BCUT2D eigenvalue weighted by molar-refractivity contribution is 6.01. The molecule has 2 N–H and O–H groups in total. The molecular weight excluding hydrogens is 642 g/mol. The lowest BCUT2D eigenvalue weighted by atomic mass is 9.93. The van der Waals surface area contributed by atoms with Crippen LogP contribution < -0.4 is 10.1 Å². The van der Waals surface area contributed by atoms with E-state index in [1.165, 1.54) is 0 Å². The molecule has 3 aromatic carbocycles. The molecule has 0 saturated carbocycles. The van der Waals surface area contributed by atoms with E-state index in [0.717, 1.165) is 48.1 Å². The van der Waals surface area contributed by atoms with Crippen LogP contribution in [-0.4, -0.2) is 74.8 Å². The molecule has 10 nitrogen and oxygen atoms in total. The maximum Gasteiger partial charge on any atom is 0.274 e. The minimum absolute atomic E-state index is 0.126. The Hall–Kier alpha value is -4.96. The van der Waals surface area contributed by atoms with E-state index in [-0.39, 0.29) is 30.2 Å². The first-order valence-corrected chi connectivity index (χ1v) is 18.3. The number of rotatable bonds is 14. The fourth-order valence-electron chi connectivity index (χ4n) is 7.11. The first-order valence-electron chi connectivity index (χ1n) is 18.3. The zero-order valence-electron chi connectivity index (χ0n) is 29.9. The third-order valence-electron chi connectivity index (χ3n) is 10.0. The summed E-state index contributed by atoms with van der Waals surface area (Å²) in [6, 6.07) is 22.5.